The van der Waals surface area contributed by atoms with Crippen LogP contribution in [-0.2, 0) is 16.6 Å². The average molecular weight is 419 g/mol. The first-order chi connectivity index (χ1) is 13.9. The van der Waals surface area contributed by atoms with E-state index in [0.717, 1.165) is 16.4 Å². The summed E-state index contributed by atoms with van der Waals surface area (Å²) >= 11 is 0. The van der Waals surface area contributed by atoms with E-state index in [1.807, 2.05) is 0 Å². The van der Waals surface area contributed by atoms with Crippen LogP contribution in [0, 0.1) is 11.6 Å². The quantitative estimate of drug-likeness (QED) is 0.570. The van der Waals surface area contributed by atoms with E-state index >= 15 is 0 Å². The Bertz CT molecular complexity index is 1120. The van der Waals surface area contributed by atoms with Crippen LogP contribution < -0.4 is 13.8 Å². The Morgan fingerprint density at radius 1 is 0.862 bits per heavy atom. The highest BCUT2D eigenvalue weighted by atomic mass is 32.2. The van der Waals surface area contributed by atoms with Crippen molar-refractivity contribution in [2.45, 2.75) is 11.4 Å². The molecule has 0 spiro atoms. The van der Waals surface area contributed by atoms with Gasteiger partial charge in [-0.2, -0.15) is 0 Å². The van der Waals surface area contributed by atoms with Gasteiger partial charge in [-0.1, -0.05) is 24.3 Å². The number of halogens is 2. The number of anilines is 1. The molecule has 3 rings (SSSR count). The van der Waals surface area contributed by atoms with Gasteiger partial charge < -0.3 is 9.47 Å². The predicted octanol–water partition coefficient (Wildman–Crippen LogP) is 4.38. The number of nitrogens with zero attached hydrogens (tertiary/aromatic N) is 1. The third-order valence-electron chi connectivity index (χ3n) is 4.31. The molecule has 152 valence electrons. The first-order valence-electron chi connectivity index (χ1n) is 8.60. The molecule has 0 amide bonds. The Labute approximate surface area is 168 Å². The van der Waals surface area contributed by atoms with Crippen molar-refractivity contribution in [2.24, 2.45) is 0 Å². The molecule has 5 nitrogen and oxygen atoms in total. The Balaban J connectivity index is 2.15. The Kier molecular flexibility index (Phi) is 6.03. The molecule has 0 N–H and O–H groups in total. The molecule has 29 heavy (non-hydrogen) atoms. The highest BCUT2D eigenvalue weighted by Gasteiger charge is 2.27. The number of benzene rings is 3. The van der Waals surface area contributed by atoms with E-state index in [9.17, 15) is 17.2 Å². The molecule has 3 aromatic rings. The van der Waals surface area contributed by atoms with Crippen molar-refractivity contribution < 1.29 is 26.7 Å². The average Bonchev–Trinajstić information content (AvgIpc) is 2.72. The second kappa shape index (κ2) is 8.48. The molecule has 0 saturated heterocycles. The van der Waals surface area contributed by atoms with Crippen molar-refractivity contribution in [1.82, 2.24) is 0 Å². The Hall–Kier alpha value is -3.13. The molecular formula is C21H19F2NO4S. The highest BCUT2D eigenvalue weighted by Crippen LogP contribution is 2.35. The van der Waals surface area contributed by atoms with Gasteiger partial charge in [-0.25, -0.2) is 17.2 Å². The van der Waals surface area contributed by atoms with Crippen molar-refractivity contribution in [2.75, 3.05) is 18.5 Å². The SMILES string of the molecule is COc1ccc(N(Cc2ccccc2F)S(=O)(=O)c2cccc(F)c2)cc1OC. The van der Waals surface area contributed by atoms with Crippen LogP contribution in [0.4, 0.5) is 14.5 Å². The molecular weight excluding hydrogens is 400 g/mol. The monoisotopic (exact) mass is 419 g/mol. The molecule has 0 bridgehead atoms. The van der Waals surface area contributed by atoms with Crippen LogP contribution in [0.2, 0.25) is 0 Å². The Morgan fingerprint density at radius 2 is 1.59 bits per heavy atom. The lowest BCUT2D eigenvalue weighted by molar-refractivity contribution is 0.355. The summed E-state index contributed by atoms with van der Waals surface area (Å²) in [5.41, 5.74) is 0.387. The second-order valence-electron chi connectivity index (χ2n) is 6.10. The molecule has 8 heteroatoms. The number of hydrogen-bond donors (Lipinski definition) is 0. The van der Waals surface area contributed by atoms with Crippen molar-refractivity contribution in [3.05, 3.63) is 83.9 Å². The normalized spacial score (nSPS) is 11.2. The van der Waals surface area contributed by atoms with Gasteiger partial charge in [0.1, 0.15) is 11.6 Å². The van der Waals surface area contributed by atoms with E-state index in [4.69, 9.17) is 9.47 Å². The predicted molar refractivity (Wildman–Crippen MR) is 106 cm³/mol. The molecule has 0 aromatic heterocycles. The first-order valence-corrected chi connectivity index (χ1v) is 10.0. The maximum absolute atomic E-state index is 14.3. The molecule has 0 aliphatic heterocycles. The minimum absolute atomic E-state index is 0.169. The fourth-order valence-corrected chi connectivity index (χ4v) is 4.30. The zero-order valence-corrected chi connectivity index (χ0v) is 16.6. The Morgan fingerprint density at radius 3 is 2.24 bits per heavy atom. The summed E-state index contributed by atoms with van der Waals surface area (Å²) in [6, 6.07) is 15.0. The van der Waals surface area contributed by atoms with E-state index in [1.165, 1.54) is 56.7 Å². The lowest BCUT2D eigenvalue weighted by atomic mass is 10.2. The van der Waals surface area contributed by atoms with Crippen LogP contribution >= 0.6 is 0 Å². The van der Waals surface area contributed by atoms with Gasteiger partial charge in [0.15, 0.2) is 11.5 Å². The maximum atomic E-state index is 14.3. The molecule has 0 heterocycles. The highest BCUT2D eigenvalue weighted by molar-refractivity contribution is 7.92. The number of hydrogen-bond acceptors (Lipinski definition) is 4. The third-order valence-corrected chi connectivity index (χ3v) is 6.08. The van der Waals surface area contributed by atoms with Crippen LogP contribution in [-0.4, -0.2) is 22.6 Å². The summed E-state index contributed by atoms with van der Waals surface area (Å²) in [5, 5.41) is 0. The molecule has 0 aliphatic rings. The zero-order chi connectivity index (χ0) is 21.0. The van der Waals surface area contributed by atoms with Gasteiger partial charge in [-0.05, 0) is 36.4 Å². The lowest BCUT2D eigenvalue weighted by Crippen LogP contribution is -2.31. The minimum atomic E-state index is -4.21. The van der Waals surface area contributed by atoms with E-state index in [2.05, 4.69) is 0 Å². The van der Waals surface area contributed by atoms with E-state index < -0.39 is 21.7 Å². The zero-order valence-electron chi connectivity index (χ0n) is 15.8. The molecule has 3 aromatic carbocycles. The van der Waals surface area contributed by atoms with Crippen molar-refractivity contribution in [3.8, 4) is 11.5 Å². The number of methoxy groups -OCH3 is 2. The maximum Gasteiger partial charge on any atom is 0.264 e. The summed E-state index contributed by atoms with van der Waals surface area (Å²) < 4.78 is 66.0. The number of ether oxygens (including phenoxy) is 2. The van der Waals surface area contributed by atoms with Gasteiger partial charge in [0.05, 0.1) is 31.3 Å². The second-order valence-corrected chi connectivity index (χ2v) is 7.96. The smallest absolute Gasteiger partial charge is 0.264 e. The lowest BCUT2D eigenvalue weighted by Gasteiger charge is -2.25. The molecule has 0 radical (unpaired) electrons. The molecule has 0 fully saturated rings. The summed E-state index contributed by atoms with van der Waals surface area (Å²) in [6.07, 6.45) is 0. The van der Waals surface area contributed by atoms with Gasteiger partial charge in [-0.15, -0.1) is 0 Å². The van der Waals surface area contributed by atoms with Gasteiger partial charge in [0.2, 0.25) is 0 Å². The van der Waals surface area contributed by atoms with Crippen LogP contribution in [0.3, 0.4) is 0 Å². The topological polar surface area (TPSA) is 55.8 Å². The van der Waals surface area contributed by atoms with Gasteiger partial charge >= 0.3 is 0 Å². The summed E-state index contributed by atoms with van der Waals surface area (Å²) in [7, 11) is -1.33. The van der Waals surface area contributed by atoms with Crippen LogP contribution in [0.25, 0.3) is 0 Å². The first kappa shape index (κ1) is 20.6. The van der Waals surface area contributed by atoms with Crippen molar-refractivity contribution in [3.63, 3.8) is 0 Å². The minimum Gasteiger partial charge on any atom is -0.493 e. The van der Waals surface area contributed by atoms with E-state index in [0.29, 0.717) is 11.5 Å². The fourth-order valence-electron chi connectivity index (χ4n) is 2.83. The largest absolute Gasteiger partial charge is 0.493 e. The van der Waals surface area contributed by atoms with Crippen LogP contribution in [0.15, 0.2) is 71.6 Å². The summed E-state index contributed by atoms with van der Waals surface area (Å²) in [4.78, 5) is -0.247. The molecule has 0 atom stereocenters. The molecule has 0 saturated carbocycles. The summed E-state index contributed by atoms with van der Waals surface area (Å²) in [5.74, 6) is -0.528. The summed E-state index contributed by atoms with van der Waals surface area (Å²) in [6.45, 7) is -0.291. The fraction of sp³-hybridized carbons (Fsp3) is 0.143. The number of rotatable bonds is 7. The van der Waals surface area contributed by atoms with Crippen LogP contribution in [0.1, 0.15) is 5.56 Å². The molecule has 0 aliphatic carbocycles. The van der Waals surface area contributed by atoms with Crippen molar-refractivity contribution in [1.29, 1.82) is 0 Å². The standard InChI is InChI=1S/C21H19F2NO4S/c1-27-20-11-10-17(13-21(20)28-2)24(14-15-6-3-4-9-19(15)23)29(25,26)18-8-5-7-16(22)12-18/h3-13H,14H2,1-2H3. The number of sulfonamides is 1. The van der Waals surface area contributed by atoms with E-state index in [-0.39, 0.29) is 22.7 Å². The van der Waals surface area contributed by atoms with Crippen molar-refractivity contribution >= 4 is 15.7 Å². The van der Waals surface area contributed by atoms with Crippen LogP contribution in [0.5, 0.6) is 11.5 Å². The third kappa shape index (κ3) is 4.32. The van der Waals surface area contributed by atoms with Gasteiger partial charge in [0, 0.05) is 11.6 Å². The van der Waals surface area contributed by atoms with E-state index in [1.54, 1.807) is 12.1 Å². The van der Waals surface area contributed by atoms with Gasteiger partial charge in [-0.3, -0.25) is 4.31 Å². The molecule has 0 unspecified atom stereocenters. The van der Waals surface area contributed by atoms with Gasteiger partial charge in [0.25, 0.3) is 10.0 Å².